The molecule has 0 nitrogen and oxygen atoms in total. The maximum Gasteiger partial charge on any atom is -1.00 e. The van der Waals surface area contributed by atoms with Gasteiger partial charge in [0.05, 0.1) is 0 Å². The first-order valence-electron chi connectivity index (χ1n) is 13.7. The summed E-state index contributed by atoms with van der Waals surface area (Å²) in [6.45, 7) is 6.92. The molecule has 0 radical (unpaired) electrons. The topological polar surface area (TPSA) is 0 Å². The summed E-state index contributed by atoms with van der Waals surface area (Å²) < 4.78 is 3.86. The summed E-state index contributed by atoms with van der Waals surface area (Å²) in [5, 5.41) is 0. The Hall–Kier alpha value is -2.31. The fourth-order valence-corrected chi connectivity index (χ4v) is 15.6. The van der Waals surface area contributed by atoms with E-state index in [0.29, 0.717) is 3.63 Å². The number of rotatable bonds is 6. The fraction of sp³-hybridized carbons (Fsp3) is 0.194. The van der Waals surface area contributed by atoms with Gasteiger partial charge in [0.2, 0.25) is 0 Å². The zero-order valence-corrected chi connectivity index (χ0v) is 26.8. The third-order valence-corrected chi connectivity index (χ3v) is 16.9. The second-order valence-electron chi connectivity index (χ2n) is 10.3. The van der Waals surface area contributed by atoms with Crippen molar-refractivity contribution in [2.24, 2.45) is 0 Å². The third kappa shape index (κ3) is 5.52. The molecule has 0 N–H and O–H groups in total. The van der Waals surface area contributed by atoms with E-state index >= 15 is 0 Å². The minimum absolute atomic E-state index is 0. The van der Waals surface area contributed by atoms with Crippen molar-refractivity contribution >= 4 is 3.21 Å². The van der Waals surface area contributed by atoms with Gasteiger partial charge in [-0.05, 0) is 0 Å². The molecule has 0 aromatic heterocycles. The predicted molar refractivity (Wildman–Crippen MR) is 155 cm³/mol. The first kappa shape index (κ1) is 29.7. The number of allylic oxidation sites excluding steroid dienone is 4. The number of halogens is 2. The average Bonchev–Trinajstić information content (AvgIpc) is 3.52. The molecule has 0 bridgehead atoms. The Morgan fingerprint density at radius 3 is 1.59 bits per heavy atom. The van der Waals surface area contributed by atoms with Crippen molar-refractivity contribution in [2.45, 2.75) is 43.7 Å². The molecule has 39 heavy (non-hydrogen) atoms. The Morgan fingerprint density at radius 1 is 0.692 bits per heavy atom. The number of aryl methyl sites for hydroxylation is 2. The van der Waals surface area contributed by atoms with E-state index in [4.69, 9.17) is 0 Å². The standard InChI is InChI=1S/C17H17.C13H10.C6H7.2ClH.Zr/c1-3-12-5-7-16-14(9-12)11-15-10-13(4-2)6-8-17(15)16;1-3-7-12(8-4-1)11-13-9-5-2-6-10-13;1-6-4-2-3-5-6;;;/h5-11H,3-4H2,1-2H3;1-10H;2,4H,3H2,1H3;2*1H;/q;;;;;+2/p-2. The summed E-state index contributed by atoms with van der Waals surface area (Å²) in [6, 6.07) is 37.2. The van der Waals surface area contributed by atoms with Gasteiger partial charge in [-0.15, -0.1) is 0 Å². The van der Waals surface area contributed by atoms with Crippen LogP contribution in [0.15, 0.2) is 118 Å². The van der Waals surface area contributed by atoms with Crippen molar-refractivity contribution < 1.29 is 46.1 Å². The van der Waals surface area contributed by atoms with E-state index in [1.54, 1.807) is 17.6 Å². The molecule has 2 aliphatic rings. The van der Waals surface area contributed by atoms with Crippen molar-refractivity contribution in [1.29, 1.82) is 0 Å². The van der Waals surface area contributed by atoms with Gasteiger partial charge >= 0.3 is 231 Å². The van der Waals surface area contributed by atoms with Crippen LogP contribution >= 0.6 is 0 Å². The van der Waals surface area contributed by atoms with Gasteiger partial charge in [0.1, 0.15) is 0 Å². The molecule has 0 fully saturated rings. The molecule has 0 amide bonds. The molecule has 4 aromatic carbocycles. The summed E-state index contributed by atoms with van der Waals surface area (Å²) in [5.41, 5.74) is 13.3. The molecule has 6 rings (SSSR count). The normalized spacial score (nSPS) is 13.2. The van der Waals surface area contributed by atoms with Crippen LogP contribution in [0.3, 0.4) is 0 Å². The summed E-state index contributed by atoms with van der Waals surface area (Å²) in [4.78, 5) is 0. The van der Waals surface area contributed by atoms with E-state index in [2.05, 4.69) is 130 Å². The first-order chi connectivity index (χ1) is 18.2. The fourth-order valence-electron chi connectivity index (χ4n) is 6.21. The Balaban J connectivity index is 0.00000176. The second-order valence-corrected chi connectivity index (χ2v) is 16.4. The van der Waals surface area contributed by atoms with Gasteiger partial charge in [0, 0.05) is 0 Å². The van der Waals surface area contributed by atoms with Crippen molar-refractivity contribution in [3.8, 4) is 11.1 Å². The van der Waals surface area contributed by atoms with E-state index in [9.17, 15) is 0 Å². The van der Waals surface area contributed by atoms with Gasteiger partial charge in [0.25, 0.3) is 0 Å². The second kappa shape index (κ2) is 12.9. The summed E-state index contributed by atoms with van der Waals surface area (Å²) in [6.07, 6.45) is 8.04. The number of hydrogen-bond acceptors (Lipinski definition) is 0. The van der Waals surface area contributed by atoms with E-state index in [1.807, 2.05) is 0 Å². The summed E-state index contributed by atoms with van der Waals surface area (Å²) >= 11 is -2.61. The van der Waals surface area contributed by atoms with E-state index in [0.717, 1.165) is 19.3 Å². The number of hydrogen-bond donors (Lipinski definition) is 0. The molecule has 0 aliphatic heterocycles. The Bertz CT molecular complexity index is 1470. The molecule has 2 aliphatic carbocycles. The van der Waals surface area contributed by atoms with E-state index < -0.39 is 21.3 Å². The van der Waals surface area contributed by atoms with E-state index in [1.165, 1.54) is 39.0 Å². The van der Waals surface area contributed by atoms with Crippen LogP contribution < -0.4 is 24.8 Å². The van der Waals surface area contributed by atoms with Gasteiger partial charge in [0.15, 0.2) is 0 Å². The smallest absolute Gasteiger partial charge is 1.00 e. The molecule has 196 valence electrons. The first-order valence-corrected chi connectivity index (χ1v) is 17.5. The minimum Gasteiger partial charge on any atom is -1.00 e. The van der Waals surface area contributed by atoms with Crippen LogP contribution in [0.5, 0.6) is 0 Å². The van der Waals surface area contributed by atoms with E-state index in [-0.39, 0.29) is 24.8 Å². The van der Waals surface area contributed by atoms with Crippen LogP contribution in [-0.4, -0.2) is 3.21 Å². The molecular formula is C36H34Cl2Zr. The van der Waals surface area contributed by atoms with Gasteiger partial charge < -0.3 is 24.8 Å². The van der Waals surface area contributed by atoms with Crippen molar-refractivity contribution in [2.75, 3.05) is 0 Å². The molecule has 4 aromatic rings. The van der Waals surface area contributed by atoms with Crippen LogP contribution in [0.4, 0.5) is 0 Å². The van der Waals surface area contributed by atoms with Gasteiger partial charge in [-0.2, -0.15) is 0 Å². The minimum atomic E-state index is -2.61. The molecule has 0 heterocycles. The summed E-state index contributed by atoms with van der Waals surface area (Å²) in [5.74, 6) is 0. The number of benzene rings is 4. The quantitative estimate of drug-likeness (QED) is 0.308. The van der Waals surface area contributed by atoms with Crippen LogP contribution in [0.2, 0.25) is 0 Å². The van der Waals surface area contributed by atoms with Gasteiger partial charge in [-0.25, -0.2) is 0 Å². The predicted octanol–water partition coefficient (Wildman–Crippen LogP) is 3.01. The Kier molecular flexibility index (Phi) is 9.82. The van der Waals surface area contributed by atoms with Gasteiger partial charge in [-0.3, -0.25) is 0 Å². The molecule has 0 spiro atoms. The zero-order valence-electron chi connectivity index (χ0n) is 22.8. The van der Waals surface area contributed by atoms with Crippen LogP contribution in [0.1, 0.15) is 64.2 Å². The van der Waals surface area contributed by atoms with Crippen molar-refractivity contribution in [1.82, 2.24) is 0 Å². The van der Waals surface area contributed by atoms with Crippen LogP contribution in [0.25, 0.3) is 11.1 Å². The van der Waals surface area contributed by atoms with Crippen molar-refractivity contribution in [3.05, 3.63) is 151 Å². The molecule has 0 saturated heterocycles. The number of fused-ring (bicyclic) bond motifs is 3. The van der Waals surface area contributed by atoms with Crippen LogP contribution in [0, 0.1) is 0 Å². The third-order valence-electron chi connectivity index (χ3n) is 8.13. The molecule has 0 saturated carbocycles. The molecular weight excluding hydrogens is 595 g/mol. The maximum absolute atomic E-state index is 2.61. The molecule has 3 heteroatoms. The van der Waals surface area contributed by atoms with Crippen LogP contribution in [-0.2, 0) is 34.1 Å². The average molecular weight is 629 g/mol. The SMILES string of the molecule is CCc1ccc2c(c1)[CH]([Zr+2]([C]1=C(C)C=CC1)=[C](c1ccccc1)c1ccccc1)c1cc(CC)ccc1-2.[Cl-].[Cl-]. The largest absolute Gasteiger partial charge is 1.00 e. The maximum atomic E-state index is 2.55. The van der Waals surface area contributed by atoms with Gasteiger partial charge in [-0.1, -0.05) is 0 Å². The zero-order chi connectivity index (χ0) is 25.4. The monoisotopic (exact) mass is 626 g/mol. The Morgan fingerprint density at radius 2 is 1.18 bits per heavy atom. The Labute approximate surface area is 253 Å². The molecule has 0 atom stereocenters. The van der Waals surface area contributed by atoms with Crippen molar-refractivity contribution in [3.63, 3.8) is 0 Å². The molecule has 0 unspecified atom stereocenters. The summed E-state index contributed by atoms with van der Waals surface area (Å²) in [7, 11) is 0.